The molecule has 2 N–H and O–H groups in total. The van der Waals surface area contributed by atoms with E-state index in [4.69, 9.17) is 0 Å². The molecule has 0 unspecified atom stereocenters. The quantitative estimate of drug-likeness (QED) is 0.799. The van der Waals surface area contributed by atoms with Gasteiger partial charge in [0, 0.05) is 36.6 Å². The second-order valence-corrected chi connectivity index (χ2v) is 8.08. The second kappa shape index (κ2) is 9.73. The number of rotatable bonds is 6. The largest absolute Gasteiger partial charge is 0.337 e. The third-order valence-corrected chi connectivity index (χ3v) is 5.22. The SMILES string of the molecule is CC(C)Cn1cc(NC(=O)NCCN2CCCCCC2)c2ccccc2c1=O. The van der Waals surface area contributed by atoms with Crippen LogP contribution in [0.5, 0.6) is 0 Å². The molecule has 1 saturated heterocycles. The molecule has 2 heterocycles. The van der Waals surface area contributed by atoms with Crippen LogP contribution in [0.4, 0.5) is 10.5 Å². The van der Waals surface area contributed by atoms with Crippen LogP contribution in [-0.4, -0.2) is 41.7 Å². The Kier molecular flexibility index (Phi) is 7.09. The van der Waals surface area contributed by atoms with Crippen molar-refractivity contribution in [1.82, 2.24) is 14.8 Å². The highest BCUT2D eigenvalue weighted by Crippen LogP contribution is 2.20. The summed E-state index contributed by atoms with van der Waals surface area (Å²) >= 11 is 0. The number of nitrogens with zero attached hydrogens (tertiary/aromatic N) is 2. The third-order valence-electron chi connectivity index (χ3n) is 5.22. The summed E-state index contributed by atoms with van der Waals surface area (Å²) in [7, 11) is 0. The van der Waals surface area contributed by atoms with E-state index < -0.39 is 0 Å². The minimum atomic E-state index is -0.227. The van der Waals surface area contributed by atoms with E-state index in [0.29, 0.717) is 30.1 Å². The molecule has 1 aliphatic heterocycles. The number of likely N-dealkylation sites (tertiary alicyclic amines) is 1. The lowest BCUT2D eigenvalue weighted by atomic mass is 10.1. The zero-order chi connectivity index (χ0) is 19.9. The lowest BCUT2D eigenvalue weighted by Gasteiger charge is -2.20. The number of pyridine rings is 1. The van der Waals surface area contributed by atoms with Gasteiger partial charge < -0.3 is 20.1 Å². The lowest BCUT2D eigenvalue weighted by Crippen LogP contribution is -2.37. The van der Waals surface area contributed by atoms with Crippen molar-refractivity contribution in [2.45, 2.75) is 46.1 Å². The molecule has 1 aromatic carbocycles. The number of carbonyl (C=O) groups excluding carboxylic acids is 1. The molecule has 1 aliphatic rings. The molecular formula is C22H32N4O2. The highest BCUT2D eigenvalue weighted by Gasteiger charge is 2.13. The lowest BCUT2D eigenvalue weighted by molar-refractivity contribution is 0.246. The molecule has 3 rings (SSSR count). The molecule has 6 nitrogen and oxygen atoms in total. The van der Waals surface area contributed by atoms with Crippen LogP contribution in [0, 0.1) is 5.92 Å². The second-order valence-electron chi connectivity index (χ2n) is 8.08. The number of anilines is 1. The Bertz CT molecular complexity index is 851. The summed E-state index contributed by atoms with van der Waals surface area (Å²) in [5, 5.41) is 7.31. The number of benzene rings is 1. The topological polar surface area (TPSA) is 66.4 Å². The van der Waals surface area contributed by atoms with Crippen molar-refractivity contribution in [1.29, 1.82) is 0 Å². The van der Waals surface area contributed by atoms with Gasteiger partial charge in [0.25, 0.3) is 5.56 Å². The smallest absolute Gasteiger partial charge is 0.319 e. The average molecular weight is 385 g/mol. The van der Waals surface area contributed by atoms with Crippen LogP contribution in [0.15, 0.2) is 35.3 Å². The van der Waals surface area contributed by atoms with Gasteiger partial charge in [0.05, 0.1) is 5.69 Å². The van der Waals surface area contributed by atoms with Crippen LogP contribution in [0.25, 0.3) is 10.8 Å². The van der Waals surface area contributed by atoms with Gasteiger partial charge in [-0.05, 0) is 37.9 Å². The molecule has 2 amide bonds. The molecule has 0 aliphatic carbocycles. The number of fused-ring (bicyclic) bond motifs is 1. The van der Waals surface area contributed by atoms with Crippen molar-refractivity contribution < 1.29 is 4.79 Å². The molecule has 0 radical (unpaired) electrons. The summed E-state index contributed by atoms with van der Waals surface area (Å²) in [6.45, 7) is 8.50. The number of urea groups is 1. The number of aromatic nitrogens is 1. The van der Waals surface area contributed by atoms with Gasteiger partial charge in [0.15, 0.2) is 0 Å². The van der Waals surface area contributed by atoms with Gasteiger partial charge in [-0.1, -0.05) is 44.9 Å². The molecule has 0 spiro atoms. The minimum absolute atomic E-state index is 0.0172. The standard InChI is InChI=1S/C22H32N4O2/c1-17(2)15-26-16-20(18-9-5-6-10-19(18)21(26)27)24-22(28)23-11-14-25-12-7-3-4-8-13-25/h5-6,9-10,16-17H,3-4,7-8,11-15H2,1-2H3,(H2,23,24,28). The first-order chi connectivity index (χ1) is 13.5. The number of hydrogen-bond donors (Lipinski definition) is 2. The maximum absolute atomic E-state index is 12.7. The summed E-state index contributed by atoms with van der Waals surface area (Å²) in [6.07, 6.45) is 6.87. The van der Waals surface area contributed by atoms with E-state index in [2.05, 4.69) is 29.4 Å². The summed E-state index contributed by atoms with van der Waals surface area (Å²) in [5.74, 6) is 0.342. The average Bonchev–Trinajstić information content (AvgIpc) is 2.94. The van der Waals surface area contributed by atoms with Crippen molar-refractivity contribution in [2.24, 2.45) is 5.92 Å². The predicted octanol–water partition coefficient (Wildman–Crippen LogP) is 3.66. The Morgan fingerprint density at radius 2 is 1.75 bits per heavy atom. The highest BCUT2D eigenvalue weighted by molar-refractivity contribution is 6.00. The highest BCUT2D eigenvalue weighted by atomic mass is 16.2. The molecule has 0 bridgehead atoms. The Labute approximate surface area is 166 Å². The van der Waals surface area contributed by atoms with Crippen LogP contribution < -0.4 is 16.2 Å². The zero-order valence-corrected chi connectivity index (χ0v) is 17.0. The number of hydrogen-bond acceptors (Lipinski definition) is 3. The Morgan fingerprint density at radius 1 is 1.07 bits per heavy atom. The van der Waals surface area contributed by atoms with Gasteiger partial charge in [0.2, 0.25) is 0 Å². The fraction of sp³-hybridized carbons (Fsp3) is 0.545. The predicted molar refractivity (Wildman–Crippen MR) is 115 cm³/mol. The van der Waals surface area contributed by atoms with Crippen molar-refractivity contribution in [3.05, 3.63) is 40.8 Å². The molecule has 152 valence electrons. The van der Waals surface area contributed by atoms with Gasteiger partial charge in [-0.3, -0.25) is 4.79 Å². The van der Waals surface area contributed by atoms with E-state index in [0.717, 1.165) is 25.0 Å². The molecule has 1 aromatic heterocycles. The first-order valence-electron chi connectivity index (χ1n) is 10.4. The monoisotopic (exact) mass is 384 g/mol. The molecule has 0 atom stereocenters. The van der Waals surface area contributed by atoms with E-state index in [1.807, 2.05) is 24.3 Å². The Balaban J connectivity index is 1.67. The van der Waals surface area contributed by atoms with Crippen molar-refractivity contribution in [2.75, 3.05) is 31.5 Å². The van der Waals surface area contributed by atoms with Crippen LogP contribution in [0.3, 0.4) is 0 Å². The fourth-order valence-corrected chi connectivity index (χ4v) is 3.83. The minimum Gasteiger partial charge on any atom is -0.337 e. The van der Waals surface area contributed by atoms with Crippen LogP contribution in [-0.2, 0) is 6.54 Å². The van der Waals surface area contributed by atoms with Crippen molar-refractivity contribution in [3.63, 3.8) is 0 Å². The normalized spacial score (nSPS) is 15.5. The Morgan fingerprint density at radius 3 is 2.43 bits per heavy atom. The molecule has 6 heteroatoms. The van der Waals surface area contributed by atoms with Crippen LogP contribution in [0.1, 0.15) is 39.5 Å². The van der Waals surface area contributed by atoms with E-state index in [1.54, 1.807) is 10.8 Å². The van der Waals surface area contributed by atoms with E-state index >= 15 is 0 Å². The summed E-state index contributed by atoms with van der Waals surface area (Å²) in [5.41, 5.74) is 0.652. The van der Waals surface area contributed by atoms with Gasteiger partial charge >= 0.3 is 6.03 Å². The fourth-order valence-electron chi connectivity index (χ4n) is 3.83. The Hall–Kier alpha value is -2.34. The van der Waals surface area contributed by atoms with Crippen LogP contribution >= 0.6 is 0 Å². The molecular weight excluding hydrogens is 352 g/mol. The van der Waals surface area contributed by atoms with Crippen molar-refractivity contribution >= 4 is 22.5 Å². The number of nitrogens with one attached hydrogen (secondary N) is 2. The van der Waals surface area contributed by atoms with E-state index in [1.165, 1.54) is 25.7 Å². The van der Waals surface area contributed by atoms with Gasteiger partial charge in [-0.2, -0.15) is 0 Å². The summed E-state index contributed by atoms with van der Waals surface area (Å²) < 4.78 is 1.69. The number of carbonyl (C=O) groups is 1. The molecule has 1 fully saturated rings. The molecule has 28 heavy (non-hydrogen) atoms. The third kappa shape index (κ3) is 5.35. The maximum atomic E-state index is 12.7. The van der Waals surface area contributed by atoms with E-state index in [9.17, 15) is 9.59 Å². The molecule has 2 aromatic rings. The summed E-state index contributed by atoms with van der Waals surface area (Å²) in [4.78, 5) is 27.6. The van der Waals surface area contributed by atoms with E-state index in [-0.39, 0.29) is 11.6 Å². The van der Waals surface area contributed by atoms with Gasteiger partial charge in [-0.25, -0.2) is 4.79 Å². The van der Waals surface area contributed by atoms with Gasteiger partial charge in [-0.15, -0.1) is 0 Å². The van der Waals surface area contributed by atoms with Gasteiger partial charge in [0.1, 0.15) is 0 Å². The molecule has 0 saturated carbocycles. The summed E-state index contributed by atoms with van der Waals surface area (Å²) in [6, 6.07) is 7.21. The zero-order valence-electron chi connectivity index (χ0n) is 17.0. The van der Waals surface area contributed by atoms with Crippen LogP contribution in [0.2, 0.25) is 0 Å². The number of amides is 2. The first-order valence-corrected chi connectivity index (χ1v) is 10.4. The maximum Gasteiger partial charge on any atom is 0.319 e. The first kappa shape index (κ1) is 20.4. The van der Waals surface area contributed by atoms with Crippen molar-refractivity contribution in [3.8, 4) is 0 Å².